The van der Waals surface area contributed by atoms with Crippen LogP contribution in [0.5, 0.6) is 0 Å². The zero-order valence-corrected chi connectivity index (χ0v) is 15.8. The molecule has 0 saturated heterocycles. The molecule has 0 radical (unpaired) electrons. The van der Waals surface area contributed by atoms with Gasteiger partial charge in [0.05, 0.1) is 16.9 Å². The molecule has 138 valence electrons. The van der Waals surface area contributed by atoms with E-state index in [1.807, 2.05) is 45.0 Å². The molecule has 2 aromatic rings. The summed E-state index contributed by atoms with van der Waals surface area (Å²) in [6, 6.07) is 13.8. The van der Waals surface area contributed by atoms with Crippen molar-refractivity contribution in [3.63, 3.8) is 0 Å². The molecule has 0 aliphatic rings. The summed E-state index contributed by atoms with van der Waals surface area (Å²) in [4.78, 5) is 25.5. The predicted octanol–water partition coefficient (Wildman–Crippen LogP) is 5.58. The number of carboxylic acids is 1. The van der Waals surface area contributed by atoms with E-state index in [2.05, 4.69) is 13.8 Å². The molecule has 0 atom stereocenters. The van der Waals surface area contributed by atoms with Gasteiger partial charge in [-0.2, -0.15) is 0 Å². The number of hydrogen-bond donors (Lipinski definition) is 1. The number of carbonyl (C=O) groups excluding carboxylic acids is 1. The Morgan fingerprint density at radius 1 is 1.00 bits per heavy atom. The Hall–Kier alpha value is -2.82. The van der Waals surface area contributed by atoms with Crippen LogP contribution in [0.2, 0.25) is 0 Å². The second-order valence-electron chi connectivity index (χ2n) is 7.38. The Bertz CT molecular complexity index is 788. The van der Waals surface area contributed by atoms with Gasteiger partial charge in [0.25, 0.3) is 0 Å². The minimum absolute atomic E-state index is 0.162. The molecule has 0 spiro atoms. The number of amides is 1. The number of carboxylic acid groups (broad SMARTS) is 1. The van der Waals surface area contributed by atoms with Crippen LogP contribution in [0.1, 0.15) is 56.5 Å². The van der Waals surface area contributed by atoms with Crippen molar-refractivity contribution in [2.75, 3.05) is 4.90 Å². The van der Waals surface area contributed by atoms with Gasteiger partial charge in [-0.25, -0.2) is 14.5 Å². The average molecular weight is 355 g/mol. The van der Waals surface area contributed by atoms with Crippen molar-refractivity contribution >= 4 is 23.4 Å². The molecular weight excluding hydrogens is 330 g/mol. The number of nitrogens with zero attached hydrogens (tertiary/aromatic N) is 1. The number of aromatic carboxylic acids is 1. The van der Waals surface area contributed by atoms with Gasteiger partial charge < -0.3 is 9.84 Å². The van der Waals surface area contributed by atoms with Gasteiger partial charge in [-0.15, -0.1) is 0 Å². The second-order valence-corrected chi connectivity index (χ2v) is 7.38. The van der Waals surface area contributed by atoms with Gasteiger partial charge in [0.2, 0.25) is 0 Å². The van der Waals surface area contributed by atoms with Crippen LogP contribution >= 0.6 is 0 Å². The summed E-state index contributed by atoms with van der Waals surface area (Å²) in [7, 11) is 0. The van der Waals surface area contributed by atoms with Crippen molar-refractivity contribution in [3.8, 4) is 0 Å². The number of rotatable bonds is 4. The lowest BCUT2D eigenvalue weighted by molar-refractivity contribution is 0.0598. The molecule has 26 heavy (non-hydrogen) atoms. The second kappa shape index (κ2) is 7.60. The van der Waals surface area contributed by atoms with Gasteiger partial charge in [0, 0.05) is 0 Å². The van der Waals surface area contributed by atoms with Gasteiger partial charge in [-0.3, -0.25) is 0 Å². The quantitative estimate of drug-likeness (QED) is 0.777. The van der Waals surface area contributed by atoms with Gasteiger partial charge in [-0.1, -0.05) is 32.0 Å². The number of ether oxygens (including phenoxy) is 1. The molecule has 0 bridgehead atoms. The van der Waals surface area contributed by atoms with Gasteiger partial charge in [0.1, 0.15) is 5.60 Å². The molecule has 0 fully saturated rings. The molecule has 0 aliphatic heterocycles. The molecular formula is C21H25NO4. The normalized spacial score (nSPS) is 11.3. The zero-order valence-electron chi connectivity index (χ0n) is 15.8. The molecule has 0 heterocycles. The molecule has 0 aliphatic carbocycles. The van der Waals surface area contributed by atoms with E-state index >= 15 is 0 Å². The van der Waals surface area contributed by atoms with Crippen LogP contribution < -0.4 is 4.90 Å². The third-order valence-electron chi connectivity index (χ3n) is 3.75. The third-order valence-corrected chi connectivity index (χ3v) is 3.75. The van der Waals surface area contributed by atoms with Crippen molar-refractivity contribution < 1.29 is 19.4 Å². The number of anilines is 2. The van der Waals surface area contributed by atoms with Crippen LogP contribution in [0.4, 0.5) is 16.2 Å². The maximum Gasteiger partial charge on any atom is 0.419 e. The van der Waals surface area contributed by atoms with Crippen LogP contribution in [0.15, 0.2) is 48.5 Å². The summed E-state index contributed by atoms with van der Waals surface area (Å²) in [5.41, 5.74) is 1.79. The zero-order chi connectivity index (χ0) is 19.5. The van der Waals surface area contributed by atoms with Crippen LogP contribution in [0.25, 0.3) is 0 Å². The standard InChI is InChI=1S/C21H25NO4/c1-14(2)17-8-6-7-9-18(17)22(20(25)26-21(3,4)5)16-12-10-15(11-13-16)19(23)24/h6-14H,1-5H3,(H,23,24). The van der Waals surface area contributed by atoms with Crippen molar-refractivity contribution in [3.05, 3.63) is 59.7 Å². The number of hydrogen-bond acceptors (Lipinski definition) is 3. The summed E-state index contributed by atoms with van der Waals surface area (Å²) in [6.45, 7) is 9.54. The van der Waals surface area contributed by atoms with Gasteiger partial charge in [-0.05, 0) is 62.6 Å². The van der Waals surface area contributed by atoms with Crippen LogP contribution in [0.3, 0.4) is 0 Å². The summed E-state index contributed by atoms with van der Waals surface area (Å²) >= 11 is 0. The Morgan fingerprint density at radius 3 is 2.08 bits per heavy atom. The number of para-hydroxylation sites is 1. The minimum atomic E-state index is -1.01. The third kappa shape index (κ3) is 4.63. The summed E-state index contributed by atoms with van der Waals surface area (Å²) < 4.78 is 5.59. The fourth-order valence-electron chi connectivity index (χ4n) is 2.58. The van der Waals surface area contributed by atoms with E-state index in [4.69, 9.17) is 9.84 Å². The molecule has 0 aromatic heterocycles. The molecule has 0 unspecified atom stereocenters. The Balaban J connectivity index is 2.56. The Labute approximate surface area is 154 Å². The lowest BCUT2D eigenvalue weighted by Crippen LogP contribution is -2.34. The maximum absolute atomic E-state index is 12.9. The first kappa shape index (κ1) is 19.5. The van der Waals surface area contributed by atoms with E-state index in [-0.39, 0.29) is 11.5 Å². The molecule has 0 saturated carbocycles. The molecule has 5 heteroatoms. The van der Waals surface area contributed by atoms with E-state index in [1.54, 1.807) is 12.1 Å². The molecule has 2 aromatic carbocycles. The highest BCUT2D eigenvalue weighted by molar-refractivity contribution is 5.98. The Morgan fingerprint density at radius 2 is 1.58 bits per heavy atom. The summed E-state index contributed by atoms with van der Waals surface area (Å²) in [6.07, 6.45) is -0.506. The van der Waals surface area contributed by atoms with E-state index in [0.717, 1.165) is 11.3 Å². The van der Waals surface area contributed by atoms with Crippen LogP contribution in [-0.2, 0) is 4.74 Å². The van der Waals surface area contributed by atoms with Gasteiger partial charge in [0.15, 0.2) is 0 Å². The Kier molecular flexibility index (Phi) is 5.70. The van der Waals surface area contributed by atoms with E-state index in [9.17, 15) is 9.59 Å². The van der Waals surface area contributed by atoms with Gasteiger partial charge >= 0.3 is 12.1 Å². The molecule has 1 amide bonds. The highest BCUT2D eigenvalue weighted by atomic mass is 16.6. The van der Waals surface area contributed by atoms with E-state index in [1.165, 1.54) is 17.0 Å². The van der Waals surface area contributed by atoms with Crippen molar-refractivity contribution in [1.29, 1.82) is 0 Å². The average Bonchev–Trinajstić information content (AvgIpc) is 2.54. The lowest BCUT2D eigenvalue weighted by Gasteiger charge is -2.29. The van der Waals surface area contributed by atoms with Crippen molar-refractivity contribution in [2.24, 2.45) is 0 Å². The number of carbonyl (C=O) groups is 2. The largest absolute Gasteiger partial charge is 0.478 e. The fourth-order valence-corrected chi connectivity index (χ4v) is 2.58. The summed E-state index contributed by atoms with van der Waals surface area (Å²) in [5, 5.41) is 9.11. The van der Waals surface area contributed by atoms with E-state index < -0.39 is 17.7 Å². The SMILES string of the molecule is CC(C)c1ccccc1N(C(=O)OC(C)(C)C)c1ccc(C(=O)O)cc1. The maximum atomic E-state index is 12.9. The molecule has 5 nitrogen and oxygen atoms in total. The monoisotopic (exact) mass is 355 g/mol. The fraction of sp³-hybridized carbons (Fsp3) is 0.333. The first-order chi connectivity index (χ1) is 12.1. The predicted molar refractivity (Wildman–Crippen MR) is 102 cm³/mol. The van der Waals surface area contributed by atoms with Crippen LogP contribution in [0, 0.1) is 0 Å². The topological polar surface area (TPSA) is 66.8 Å². The lowest BCUT2D eigenvalue weighted by atomic mass is 10.00. The molecule has 1 N–H and O–H groups in total. The first-order valence-electron chi connectivity index (χ1n) is 8.55. The van der Waals surface area contributed by atoms with Crippen molar-refractivity contribution in [2.45, 2.75) is 46.1 Å². The highest BCUT2D eigenvalue weighted by Crippen LogP contribution is 2.34. The summed E-state index contributed by atoms with van der Waals surface area (Å²) in [5.74, 6) is -0.808. The van der Waals surface area contributed by atoms with Crippen LogP contribution in [-0.4, -0.2) is 22.8 Å². The highest BCUT2D eigenvalue weighted by Gasteiger charge is 2.27. The van der Waals surface area contributed by atoms with E-state index in [0.29, 0.717) is 5.69 Å². The molecule has 2 rings (SSSR count). The first-order valence-corrected chi connectivity index (χ1v) is 8.55. The van der Waals surface area contributed by atoms with Crippen molar-refractivity contribution in [1.82, 2.24) is 0 Å². The smallest absolute Gasteiger partial charge is 0.419 e. The number of benzene rings is 2. The minimum Gasteiger partial charge on any atom is -0.478 e.